The van der Waals surface area contributed by atoms with Crippen LogP contribution in [0.5, 0.6) is 5.75 Å². The fourth-order valence-electron chi connectivity index (χ4n) is 4.31. The summed E-state index contributed by atoms with van der Waals surface area (Å²) in [5, 5.41) is 0. The Bertz CT molecular complexity index is 972. The van der Waals surface area contributed by atoms with Crippen LogP contribution in [0.25, 0.3) is 11.1 Å². The number of rotatable bonds is 5. The molecule has 2 aromatic rings. The summed E-state index contributed by atoms with van der Waals surface area (Å²) < 4.78 is 5.89. The number of benzene rings is 2. The highest BCUT2D eigenvalue weighted by Crippen LogP contribution is 2.32. The molecule has 5 rings (SSSR count). The lowest BCUT2D eigenvalue weighted by atomic mass is 9.76. The van der Waals surface area contributed by atoms with Gasteiger partial charge in [0.1, 0.15) is 5.75 Å². The van der Waals surface area contributed by atoms with E-state index in [-0.39, 0.29) is 11.8 Å². The number of carbonyl (C=O) groups is 2. The normalized spacial score (nSPS) is 20.2. The Kier molecular flexibility index (Phi) is 5.18. The van der Waals surface area contributed by atoms with Gasteiger partial charge in [-0.05, 0) is 67.5 Å². The van der Waals surface area contributed by atoms with Crippen molar-refractivity contribution in [2.24, 2.45) is 5.73 Å². The Balaban J connectivity index is 1.20. The van der Waals surface area contributed by atoms with Crippen molar-refractivity contribution in [3.8, 4) is 16.9 Å². The van der Waals surface area contributed by atoms with Crippen LogP contribution in [0.4, 0.5) is 0 Å². The first-order valence-electron chi connectivity index (χ1n) is 11.3. The molecule has 2 aliphatic carbocycles. The van der Waals surface area contributed by atoms with E-state index in [1.807, 2.05) is 46.2 Å². The van der Waals surface area contributed by atoms with Gasteiger partial charge in [0.25, 0.3) is 5.91 Å². The molecule has 6 nitrogen and oxygen atoms in total. The second-order valence-corrected chi connectivity index (χ2v) is 9.02. The molecule has 1 heterocycles. The van der Waals surface area contributed by atoms with Crippen LogP contribution in [0.3, 0.4) is 0 Å². The molecule has 3 aliphatic rings. The molecule has 162 valence electrons. The number of hydrogen-bond acceptors (Lipinski definition) is 4. The number of nitrogens with zero attached hydrogens (tertiary/aromatic N) is 2. The highest BCUT2D eigenvalue weighted by atomic mass is 16.5. The Labute approximate surface area is 183 Å². The van der Waals surface area contributed by atoms with Crippen molar-refractivity contribution < 1.29 is 14.3 Å². The van der Waals surface area contributed by atoms with Gasteiger partial charge in [0, 0.05) is 31.7 Å². The standard InChI is InChI=1S/C25H29N3O3/c26-25(11-2-12-25)24(30)28-15-13-27(14-16-28)23(29)19-7-5-18(6-8-19)20-3-1-4-22(17-20)31-21-9-10-21/h1,3-8,17,21H,2,9-16,26H2. The third-order valence-corrected chi connectivity index (χ3v) is 6.65. The highest BCUT2D eigenvalue weighted by molar-refractivity contribution is 5.95. The molecule has 2 saturated carbocycles. The van der Waals surface area contributed by atoms with Crippen molar-refractivity contribution in [3.63, 3.8) is 0 Å². The van der Waals surface area contributed by atoms with Crippen LogP contribution in [-0.4, -0.2) is 59.4 Å². The lowest BCUT2D eigenvalue weighted by Gasteiger charge is -2.43. The second kappa shape index (κ2) is 8.00. The van der Waals surface area contributed by atoms with Crippen LogP contribution < -0.4 is 10.5 Å². The molecule has 1 saturated heterocycles. The molecular weight excluding hydrogens is 390 g/mol. The van der Waals surface area contributed by atoms with E-state index in [4.69, 9.17) is 10.5 Å². The lowest BCUT2D eigenvalue weighted by Crippen LogP contribution is -2.62. The van der Waals surface area contributed by atoms with Crippen LogP contribution in [0, 0.1) is 0 Å². The molecule has 2 N–H and O–H groups in total. The SMILES string of the molecule is NC1(C(=O)N2CCN(C(=O)c3ccc(-c4cccc(OC5CC5)c4)cc3)CC2)CCC1. The van der Waals surface area contributed by atoms with Crippen molar-refractivity contribution >= 4 is 11.8 Å². The zero-order valence-corrected chi connectivity index (χ0v) is 17.8. The molecule has 1 aliphatic heterocycles. The molecule has 2 aromatic carbocycles. The van der Waals surface area contributed by atoms with Gasteiger partial charge in [-0.3, -0.25) is 9.59 Å². The highest BCUT2D eigenvalue weighted by Gasteiger charge is 2.43. The van der Waals surface area contributed by atoms with E-state index in [1.54, 1.807) is 0 Å². The summed E-state index contributed by atoms with van der Waals surface area (Å²) >= 11 is 0. The van der Waals surface area contributed by atoms with Crippen molar-refractivity contribution in [1.29, 1.82) is 0 Å². The van der Waals surface area contributed by atoms with Gasteiger partial charge in [-0.25, -0.2) is 0 Å². The van der Waals surface area contributed by atoms with Gasteiger partial charge in [-0.15, -0.1) is 0 Å². The maximum Gasteiger partial charge on any atom is 0.253 e. The molecule has 0 aromatic heterocycles. The van der Waals surface area contributed by atoms with Gasteiger partial charge in [0.2, 0.25) is 5.91 Å². The fourth-order valence-corrected chi connectivity index (χ4v) is 4.31. The van der Waals surface area contributed by atoms with E-state index < -0.39 is 5.54 Å². The number of carbonyl (C=O) groups excluding carboxylic acids is 2. The van der Waals surface area contributed by atoms with Crippen molar-refractivity contribution in [3.05, 3.63) is 54.1 Å². The molecule has 0 radical (unpaired) electrons. The number of amides is 2. The Morgan fingerprint density at radius 1 is 0.903 bits per heavy atom. The van der Waals surface area contributed by atoms with Crippen LogP contribution in [0.1, 0.15) is 42.5 Å². The minimum atomic E-state index is -0.664. The maximum absolute atomic E-state index is 12.9. The number of piperazine rings is 1. The maximum atomic E-state index is 12.9. The average molecular weight is 420 g/mol. The van der Waals surface area contributed by atoms with E-state index >= 15 is 0 Å². The summed E-state index contributed by atoms with van der Waals surface area (Å²) in [6.45, 7) is 2.19. The van der Waals surface area contributed by atoms with Gasteiger partial charge in [0.15, 0.2) is 0 Å². The Morgan fingerprint density at radius 3 is 2.19 bits per heavy atom. The molecule has 0 atom stereocenters. The topological polar surface area (TPSA) is 75.9 Å². The van der Waals surface area contributed by atoms with E-state index in [1.165, 1.54) is 0 Å². The van der Waals surface area contributed by atoms with Crippen molar-refractivity contribution in [1.82, 2.24) is 9.80 Å². The Hall–Kier alpha value is -2.86. The predicted molar refractivity (Wildman–Crippen MR) is 119 cm³/mol. The molecule has 0 bridgehead atoms. The first-order valence-corrected chi connectivity index (χ1v) is 11.3. The summed E-state index contributed by atoms with van der Waals surface area (Å²) in [6.07, 6.45) is 5.21. The summed E-state index contributed by atoms with van der Waals surface area (Å²) in [6, 6.07) is 15.8. The van der Waals surface area contributed by atoms with Crippen LogP contribution in [-0.2, 0) is 4.79 Å². The fraction of sp³-hybridized carbons (Fsp3) is 0.440. The minimum Gasteiger partial charge on any atom is -0.490 e. The zero-order chi connectivity index (χ0) is 21.4. The summed E-state index contributed by atoms with van der Waals surface area (Å²) in [5.74, 6) is 0.951. The van der Waals surface area contributed by atoms with Gasteiger partial charge >= 0.3 is 0 Å². The van der Waals surface area contributed by atoms with Gasteiger partial charge in [-0.2, -0.15) is 0 Å². The second-order valence-electron chi connectivity index (χ2n) is 9.02. The molecule has 0 spiro atoms. The quantitative estimate of drug-likeness (QED) is 0.808. The first kappa shape index (κ1) is 20.1. The van der Waals surface area contributed by atoms with Gasteiger partial charge in [0.05, 0.1) is 11.6 Å². The van der Waals surface area contributed by atoms with Crippen LogP contribution >= 0.6 is 0 Å². The van der Waals surface area contributed by atoms with Crippen LogP contribution in [0.15, 0.2) is 48.5 Å². The third-order valence-electron chi connectivity index (χ3n) is 6.65. The minimum absolute atomic E-state index is 0.00979. The predicted octanol–water partition coefficient (Wildman–Crippen LogP) is 3.06. The van der Waals surface area contributed by atoms with E-state index in [9.17, 15) is 9.59 Å². The van der Waals surface area contributed by atoms with Crippen molar-refractivity contribution in [2.75, 3.05) is 26.2 Å². The third kappa shape index (κ3) is 4.17. The molecule has 3 fully saturated rings. The summed E-state index contributed by atoms with van der Waals surface area (Å²) in [5.41, 5.74) is 8.32. The van der Waals surface area contributed by atoms with Crippen LogP contribution in [0.2, 0.25) is 0 Å². The van der Waals surface area contributed by atoms with Gasteiger partial charge in [-0.1, -0.05) is 24.3 Å². The molecule has 0 unspecified atom stereocenters. The van der Waals surface area contributed by atoms with E-state index in [0.29, 0.717) is 37.8 Å². The van der Waals surface area contributed by atoms with E-state index in [0.717, 1.165) is 49.0 Å². The molecule has 31 heavy (non-hydrogen) atoms. The largest absolute Gasteiger partial charge is 0.490 e. The smallest absolute Gasteiger partial charge is 0.253 e. The number of ether oxygens (including phenoxy) is 1. The molecule has 2 amide bonds. The first-order chi connectivity index (χ1) is 15.0. The average Bonchev–Trinajstić information content (AvgIpc) is 3.61. The lowest BCUT2D eigenvalue weighted by molar-refractivity contribution is -0.141. The monoisotopic (exact) mass is 419 g/mol. The zero-order valence-electron chi connectivity index (χ0n) is 17.8. The van der Waals surface area contributed by atoms with Crippen molar-refractivity contribution in [2.45, 2.75) is 43.7 Å². The summed E-state index contributed by atoms with van der Waals surface area (Å²) in [4.78, 5) is 29.2. The number of hydrogen-bond donors (Lipinski definition) is 1. The molecule has 6 heteroatoms. The Morgan fingerprint density at radius 2 is 1.58 bits per heavy atom. The van der Waals surface area contributed by atoms with Gasteiger partial charge < -0.3 is 20.3 Å². The number of nitrogens with two attached hydrogens (primary N) is 1. The summed E-state index contributed by atoms with van der Waals surface area (Å²) in [7, 11) is 0. The van der Waals surface area contributed by atoms with E-state index in [2.05, 4.69) is 12.1 Å². The molecular formula is C25H29N3O3.